The summed E-state index contributed by atoms with van der Waals surface area (Å²) in [6, 6.07) is 6.47. The molecule has 1 aromatic rings. The van der Waals surface area contributed by atoms with E-state index in [0.717, 1.165) is 10.5 Å². The maximum absolute atomic E-state index is 13.7. The molecule has 0 aliphatic carbocycles. The number of carbonyl (C=O) groups is 4. The number of amides is 3. The van der Waals surface area contributed by atoms with Crippen molar-refractivity contribution in [2.24, 2.45) is 22.2 Å². The Kier molecular flexibility index (Phi) is 9.31. The summed E-state index contributed by atoms with van der Waals surface area (Å²) in [6.45, 7) is -0.290. The van der Waals surface area contributed by atoms with E-state index >= 15 is 0 Å². The number of aliphatic imine (C=N–C) groups is 1. The maximum Gasteiger partial charge on any atom is 0.256 e. The van der Waals surface area contributed by atoms with Gasteiger partial charge in [0.25, 0.3) is 5.91 Å². The predicted molar refractivity (Wildman–Crippen MR) is 127 cm³/mol. The molecule has 1 heterocycles. The number of likely N-dealkylation sites (N-methyl/N-ethyl adjacent to an activating group) is 1. The van der Waals surface area contributed by atoms with Crippen LogP contribution in [-0.2, 0) is 19.2 Å². The van der Waals surface area contributed by atoms with E-state index in [4.69, 9.17) is 17.2 Å². The second-order valence-electron chi connectivity index (χ2n) is 8.05. The van der Waals surface area contributed by atoms with Crippen molar-refractivity contribution in [3.8, 4) is 5.75 Å². The third kappa shape index (κ3) is 6.19. The van der Waals surface area contributed by atoms with E-state index in [1.165, 1.54) is 24.1 Å². The molecule has 11 nitrogen and oxygen atoms in total. The van der Waals surface area contributed by atoms with Gasteiger partial charge in [-0.05, 0) is 37.0 Å². The first-order chi connectivity index (χ1) is 16.1. The number of phenols is 1. The van der Waals surface area contributed by atoms with Gasteiger partial charge in [-0.15, -0.1) is 0 Å². The number of hydrogen-bond acceptors (Lipinski definition) is 7. The zero-order valence-electron chi connectivity index (χ0n) is 19.3. The summed E-state index contributed by atoms with van der Waals surface area (Å²) in [6.07, 6.45) is 3.70. The molecule has 0 unspecified atom stereocenters. The average Bonchev–Trinajstić information content (AvgIpc) is 2.92. The number of aromatic hydroxyl groups is 1. The van der Waals surface area contributed by atoms with E-state index in [0.29, 0.717) is 0 Å². The quantitative estimate of drug-likeness (QED) is 0.164. The summed E-state index contributed by atoms with van der Waals surface area (Å²) in [5.74, 6) is -2.59. The molecule has 0 bridgehead atoms. The number of Topliss-reactive ketones (excluding diaryl/α,β-unsaturated/α-hetero) is 1. The second kappa shape index (κ2) is 11.9. The molecule has 1 aromatic carbocycles. The minimum Gasteiger partial charge on any atom is -0.508 e. The van der Waals surface area contributed by atoms with Crippen molar-refractivity contribution in [2.75, 3.05) is 26.7 Å². The van der Waals surface area contributed by atoms with Crippen LogP contribution >= 0.6 is 0 Å². The van der Waals surface area contributed by atoms with Gasteiger partial charge in [0.2, 0.25) is 11.8 Å². The minimum absolute atomic E-state index is 0.0225. The highest BCUT2D eigenvalue weighted by Crippen LogP contribution is 2.32. The van der Waals surface area contributed by atoms with Crippen molar-refractivity contribution in [1.29, 1.82) is 0 Å². The molecule has 0 saturated carbocycles. The SMILES string of the molecule is CN(CC=Cc1ccc(O)cc1)C(=O)[C@@]1(CCCN=C(N)N)C(=O)CCCC(=O)N1C(=O)CN. The fourth-order valence-electron chi connectivity index (χ4n) is 3.95. The summed E-state index contributed by atoms with van der Waals surface area (Å²) < 4.78 is 0. The number of carbonyl (C=O) groups excluding carboxylic acids is 4. The van der Waals surface area contributed by atoms with Crippen LogP contribution in [0.4, 0.5) is 0 Å². The van der Waals surface area contributed by atoms with Crippen LogP contribution in [-0.4, -0.2) is 76.6 Å². The van der Waals surface area contributed by atoms with Crippen LogP contribution in [0.5, 0.6) is 5.75 Å². The number of hydrogen-bond donors (Lipinski definition) is 4. The first-order valence-corrected chi connectivity index (χ1v) is 11.0. The Labute approximate surface area is 198 Å². The molecule has 3 amide bonds. The van der Waals surface area contributed by atoms with Crippen LogP contribution < -0.4 is 17.2 Å². The number of benzene rings is 1. The van der Waals surface area contributed by atoms with E-state index in [-0.39, 0.29) is 56.9 Å². The van der Waals surface area contributed by atoms with Gasteiger partial charge < -0.3 is 27.2 Å². The van der Waals surface area contributed by atoms with Crippen LogP contribution in [0.1, 0.15) is 37.7 Å². The summed E-state index contributed by atoms with van der Waals surface area (Å²) in [5.41, 5.74) is 15.1. The second-order valence-corrected chi connectivity index (χ2v) is 8.05. The molecule has 0 spiro atoms. The summed E-state index contributed by atoms with van der Waals surface area (Å²) in [7, 11) is 1.50. The number of phenolic OH excluding ortho intramolecular Hbond substituents is 1. The van der Waals surface area contributed by atoms with E-state index in [2.05, 4.69) is 4.99 Å². The van der Waals surface area contributed by atoms with Gasteiger partial charge in [0.05, 0.1) is 6.54 Å². The topological polar surface area (TPSA) is 185 Å². The number of nitrogens with two attached hydrogens (primary N) is 3. The lowest BCUT2D eigenvalue weighted by Crippen LogP contribution is -2.67. The zero-order valence-corrected chi connectivity index (χ0v) is 19.3. The Morgan fingerprint density at radius 3 is 2.50 bits per heavy atom. The van der Waals surface area contributed by atoms with Crippen LogP contribution in [0.2, 0.25) is 0 Å². The normalized spacial score (nSPS) is 18.6. The average molecular weight is 473 g/mol. The molecule has 34 heavy (non-hydrogen) atoms. The number of nitrogens with zero attached hydrogens (tertiary/aromatic N) is 3. The highest BCUT2D eigenvalue weighted by molar-refractivity contribution is 6.18. The lowest BCUT2D eigenvalue weighted by atomic mass is 9.83. The highest BCUT2D eigenvalue weighted by atomic mass is 16.3. The Balaban J connectivity index is 2.39. The van der Waals surface area contributed by atoms with Crippen LogP contribution in [0, 0.1) is 0 Å². The molecular formula is C23H32N6O5. The molecule has 7 N–H and O–H groups in total. The van der Waals surface area contributed by atoms with Crippen LogP contribution in [0.3, 0.4) is 0 Å². The maximum atomic E-state index is 13.7. The van der Waals surface area contributed by atoms with Crippen LogP contribution in [0.25, 0.3) is 6.08 Å². The van der Waals surface area contributed by atoms with Crippen molar-refractivity contribution in [2.45, 2.75) is 37.6 Å². The first kappa shape index (κ1) is 26.5. The number of guanidine groups is 1. The largest absolute Gasteiger partial charge is 0.508 e. The van der Waals surface area contributed by atoms with Crippen LogP contribution in [0.15, 0.2) is 35.3 Å². The van der Waals surface area contributed by atoms with Gasteiger partial charge in [0.1, 0.15) is 5.75 Å². The molecule has 0 radical (unpaired) electrons. The molecule has 1 atom stereocenters. The molecule has 1 fully saturated rings. The smallest absolute Gasteiger partial charge is 0.256 e. The molecule has 1 aliphatic heterocycles. The predicted octanol–water partition coefficient (Wildman–Crippen LogP) is -0.277. The Morgan fingerprint density at radius 2 is 1.88 bits per heavy atom. The molecule has 1 aliphatic rings. The Morgan fingerprint density at radius 1 is 1.21 bits per heavy atom. The van der Waals surface area contributed by atoms with Crippen molar-refractivity contribution in [3.63, 3.8) is 0 Å². The fraction of sp³-hybridized carbons (Fsp3) is 0.435. The van der Waals surface area contributed by atoms with Crippen molar-refractivity contribution in [1.82, 2.24) is 9.80 Å². The van der Waals surface area contributed by atoms with Gasteiger partial charge >= 0.3 is 0 Å². The number of likely N-dealkylation sites (tertiary alicyclic amines) is 1. The van der Waals surface area contributed by atoms with Gasteiger partial charge in [-0.2, -0.15) is 0 Å². The number of imide groups is 1. The van der Waals surface area contributed by atoms with E-state index in [9.17, 15) is 24.3 Å². The summed E-state index contributed by atoms with van der Waals surface area (Å²) >= 11 is 0. The summed E-state index contributed by atoms with van der Waals surface area (Å²) in [5, 5.41) is 9.39. The monoisotopic (exact) mass is 472 g/mol. The molecule has 2 rings (SSSR count). The Hall–Kier alpha value is -3.73. The lowest BCUT2D eigenvalue weighted by molar-refractivity contribution is -0.166. The first-order valence-electron chi connectivity index (χ1n) is 11.0. The minimum atomic E-state index is -2.01. The fourth-order valence-corrected chi connectivity index (χ4v) is 3.95. The Bertz CT molecular complexity index is 971. The van der Waals surface area contributed by atoms with Crippen molar-refractivity contribution >= 4 is 35.5 Å². The standard InChI is InChI=1S/C23H32N6O5/c1-28(14-3-5-16-8-10-17(30)11-9-16)21(34)23(12-4-13-27-22(25)26)18(31)6-2-7-19(32)29(23)20(33)15-24/h3,5,8-11,30H,2,4,6-7,12-15,24H2,1H3,(H4,25,26,27)/t23-/m1/s1. The third-order valence-electron chi connectivity index (χ3n) is 5.59. The van der Waals surface area contributed by atoms with Gasteiger partial charge in [0.15, 0.2) is 17.3 Å². The highest BCUT2D eigenvalue weighted by Gasteiger charge is 2.55. The number of rotatable bonds is 9. The lowest BCUT2D eigenvalue weighted by Gasteiger charge is -2.40. The molecule has 1 saturated heterocycles. The van der Waals surface area contributed by atoms with Gasteiger partial charge in [-0.3, -0.25) is 29.1 Å². The molecule has 11 heteroatoms. The van der Waals surface area contributed by atoms with E-state index in [1.54, 1.807) is 24.3 Å². The van der Waals surface area contributed by atoms with Gasteiger partial charge in [-0.25, -0.2) is 0 Å². The van der Waals surface area contributed by atoms with Crippen molar-refractivity contribution < 1.29 is 24.3 Å². The zero-order chi connectivity index (χ0) is 25.3. The molecule has 184 valence electrons. The molecular weight excluding hydrogens is 440 g/mol. The van der Waals surface area contributed by atoms with Crippen molar-refractivity contribution in [3.05, 3.63) is 35.9 Å². The number of ketones is 1. The summed E-state index contributed by atoms with van der Waals surface area (Å²) in [4.78, 5) is 58.7. The van der Waals surface area contributed by atoms with E-state index < -0.39 is 35.6 Å². The third-order valence-corrected chi connectivity index (χ3v) is 5.59. The molecule has 0 aromatic heterocycles. The van der Waals surface area contributed by atoms with Gasteiger partial charge in [-0.1, -0.05) is 24.3 Å². The van der Waals surface area contributed by atoms with E-state index in [1.807, 2.05) is 0 Å². The van der Waals surface area contributed by atoms with Gasteiger partial charge in [0, 0.05) is 33.0 Å².